The minimum atomic E-state index is -0.323. The SMILES string of the molecule is COc1ncc(C2CCOCC2)c2sc(NC(=O)c3ccc(C(=O)N(C)CCO)cc3)nc12. The number of nitrogens with one attached hydrogen (secondary N) is 1. The number of rotatable bonds is 7. The molecule has 2 amide bonds. The van der Waals surface area contributed by atoms with Crippen molar-refractivity contribution in [3.05, 3.63) is 47.2 Å². The van der Waals surface area contributed by atoms with Gasteiger partial charge in [0.2, 0.25) is 5.88 Å². The summed E-state index contributed by atoms with van der Waals surface area (Å²) < 4.78 is 11.8. The second kappa shape index (κ2) is 10.2. The Morgan fingerprint density at radius 2 is 1.94 bits per heavy atom. The van der Waals surface area contributed by atoms with Gasteiger partial charge in [-0.05, 0) is 48.6 Å². The highest BCUT2D eigenvalue weighted by molar-refractivity contribution is 7.22. The van der Waals surface area contributed by atoms with Crippen LogP contribution in [0.5, 0.6) is 5.88 Å². The number of anilines is 1. The zero-order valence-corrected chi connectivity index (χ0v) is 19.4. The normalized spacial score (nSPS) is 14.3. The van der Waals surface area contributed by atoms with Crippen molar-refractivity contribution in [2.24, 2.45) is 0 Å². The monoisotopic (exact) mass is 470 g/mol. The fourth-order valence-corrected chi connectivity index (χ4v) is 4.86. The quantitative estimate of drug-likeness (QED) is 0.546. The van der Waals surface area contributed by atoms with Gasteiger partial charge in [-0.25, -0.2) is 9.97 Å². The van der Waals surface area contributed by atoms with Gasteiger partial charge in [-0.3, -0.25) is 14.9 Å². The second-order valence-electron chi connectivity index (χ2n) is 7.79. The van der Waals surface area contributed by atoms with Crippen molar-refractivity contribution in [2.75, 3.05) is 45.8 Å². The Morgan fingerprint density at radius 3 is 2.61 bits per heavy atom. The van der Waals surface area contributed by atoms with Gasteiger partial charge < -0.3 is 19.5 Å². The summed E-state index contributed by atoms with van der Waals surface area (Å²) in [6.07, 6.45) is 3.67. The number of ether oxygens (including phenoxy) is 2. The van der Waals surface area contributed by atoms with Crippen LogP contribution in [0, 0.1) is 0 Å². The number of carbonyl (C=O) groups excluding carboxylic acids is 2. The minimum absolute atomic E-state index is 0.110. The molecule has 2 N–H and O–H groups in total. The van der Waals surface area contributed by atoms with Crippen LogP contribution >= 0.6 is 11.3 Å². The number of likely N-dealkylation sites (N-methyl/N-ethyl adjacent to an activating group) is 1. The standard InChI is InChI=1S/C23H26N4O5S/c1-27(9-10-28)22(30)16-5-3-15(4-6-16)20(29)26-23-25-18-19(33-23)17(13-24-21(18)31-2)14-7-11-32-12-8-14/h3-6,13-14,28H,7-12H2,1-2H3,(H,25,26,29). The molecular formula is C23H26N4O5S. The van der Waals surface area contributed by atoms with Crippen LogP contribution in [0.15, 0.2) is 30.5 Å². The van der Waals surface area contributed by atoms with Gasteiger partial charge in [0.25, 0.3) is 11.8 Å². The Bertz CT molecular complexity index is 1140. The number of aliphatic hydroxyl groups excluding tert-OH is 1. The lowest BCUT2D eigenvalue weighted by Gasteiger charge is -2.22. The molecule has 1 aliphatic heterocycles. The first-order valence-electron chi connectivity index (χ1n) is 10.7. The van der Waals surface area contributed by atoms with Crippen molar-refractivity contribution >= 4 is 38.5 Å². The zero-order valence-electron chi connectivity index (χ0n) is 18.5. The van der Waals surface area contributed by atoms with Crippen LogP contribution in [-0.2, 0) is 4.74 Å². The molecule has 1 aliphatic rings. The number of amides is 2. The number of methoxy groups -OCH3 is 1. The Hall–Kier alpha value is -3.08. The van der Waals surface area contributed by atoms with Gasteiger partial charge in [0.15, 0.2) is 5.13 Å². The number of aliphatic hydroxyl groups is 1. The van der Waals surface area contributed by atoms with Crippen LogP contribution in [0.4, 0.5) is 5.13 Å². The highest BCUT2D eigenvalue weighted by atomic mass is 32.1. The summed E-state index contributed by atoms with van der Waals surface area (Å²) >= 11 is 1.40. The highest BCUT2D eigenvalue weighted by Crippen LogP contribution is 2.39. The molecule has 3 heterocycles. The third kappa shape index (κ3) is 4.97. The molecule has 2 aromatic heterocycles. The van der Waals surface area contributed by atoms with Gasteiger partial charge >= 0.3 is 0 Å². The van der Waals surface area contributed by atoms with E-state index in [1.54, 1.807) is 38.4 Å². The summed E-state index contributed by atoms with van der Waals surface area (Å²) in [5.41, 5.74) is 2.58. The van der Waals surface area contributed by atoms with Crippen molar-refractivity contribution in [1.82, 2.24) is 14.9 Å². The fourth-order valence-electron chi connectivity index (χ4n) is 3.82. The van der Waals surface area contributed by atoms with Crippen LogP contribution in [0.25, 0.3) is 10.2 Å². The molecule has 1 saturated heterocycles. The van der Waals surface area contributed by atoms with E-state index in [1.807, 2.05) is 6.20 Å². The van der Waals surface area contributed by atoms with Crippen LogP contribution in [0.2, 0.25) is 0 Å². The lowest BCUT2D eigenvalue weighted by atomic mass is 9.93. The summed E-state index contributed by atoms with van der Waals surface area (Å²) in [7, 11) is 3.17. The first-order valence-corrected chi connectivity index (χ1v) is 11.5. The molecule has 33 heavy (non-hydrogen) atoms. The molecule has 0 atom stereocenters. The molecule has 0 spiro atoms. The molecule has 9 nitrogen and oxygen atoms in total. The number of carbonyl (C=O) groups is 2. The number of hydrogen-bond donors (Lipinski definition) is 2. The fraction of sp³-hybridized carbons (Fsp3) is 0.391. The lowest BCUT2D eigenvalue weighted by Crippen LogP contribution is -2.29. The number of aromatic nitrogens is 2. The van der Waals surface area contributed by atoms with Gasteiger partial charge in [0.1, 0.15) is 5.52 Å². The first kappa shape index (κ1) is 23.1. The number of pyridine rings is 1. The predicted octanol–water partition coefficient (Wildman–Crippen LogP) is 2.91. The summed E-state index contributed by atoms with van der Waals surface area (Å²) in [4.78, 5) is 35.5. The predicted molar refractivity (Wildman–Crippen MR) is 125 cm³/mol. The van der Waals surface area contributed by atoms with E-state index >= 15 is 0 Å². The summed E-state index contributed by atoms with van der Waals surface area (Å²) in [6, 6.07) is 6.38. The summed E-state index contributed by atoms with van der Waals surface area (Å²) in [5.74, 6) is 0.212. The number of nitrogens with zero attached hydrogens (tertiary/aromatic N) is 3. The van der Waals surface area contributed by atoms with Crippen LogP contribution in [-0.4, -0.2) is 72.3 Å². The van der Waals surface area contributed by atoms with E-state index in [2.05, 4.69) is 15.3 Å². The third-order valence-electron chi connectivity index (χ3n) is 5.66. The van der Waals surface area contributed by atoms with Crippen molar-refractivity contribution in [2.45, 2.75) is 18.8 Å². The number of benzene rings is 1. The maximum absolute atomic E-state index is 12.8. The van der Waals surface area contributed by atoms with E-state index < -0.39 is 0 Å². The van der Waals surface area contributed by atoms with Gasteiger partial charge in [-0.1, -0.05) is 11.3 Å². The van der Waals surface area contributed by atoms with E-state index in [4.69, 9.17) is 14.6 Å². The zero-order chi connectivity index (χ0) is 23.4. The topological polar surface area (TPSA) is 114 Å². The maximum Gasteiger partial charge on any atom is 0.257 e. The van der Waals surface area contributed by atoms with Gasteiger partial charge in [0, 0.05) is 44.1 Å². The Labute approximate surface area is 195 Å². The molecule has 0 unspecified atom stereocenters. The summed E-state index contributed by atoms with van der Waals surface area (Å²) in [5, 5.41) is 12.3. The van der Waals surface area contributed by atoms with Crippen molar-refractivity contribution in [3.63, 3.8) is 0 Å². The maximum atomic E-state index is 12.8. The van der Waals surface area contributed by atoms with E-state index in [0.29, 0.717) is 33.6 Å². The number of fused-ring (bicyclic) bond motifs is 1. The molecule has 0 radical (unpaired) electrons. The van der Waals surface area contributed by atoms with Crippen molar-refractivity contribution in [1.29, 1.82) is 0 Å². The molecule has 0 saturated carbocycles. The molecule has 1 aromatic carbocycles. The molecule has 10 heteroatoms. The molecular weight excluding hydrogens is 444 g/mol. The Kier molecular flexibility index (Phi) is 7.17. The Morgan fingerprint density at radius 1 is 1.24 bits per heavy atom. The van der Waals surface area contributed by atoms with Gasteiger partial charge in [0.05, 0.1) is 18.4 Å². The van der Waals surface area contributed by atoms with Crippen LogP contribution in [0.3, 0.4) is 0 Å². The highest BCUT2D eigenvalue weighted by Gasteiger charge is 2.23. The van der Waals surface area contributed by atoms with E-state index in [1.165, 1.54) is 16.2 Å². The first-order chi connectivity index (χ1) is 16.0. The molecule has 3 aromatic rings. The third-order valence-corrected chi connectivity index (χ3v) is 6.68. The van der Waals surface area contributed by atoms with Gasteiger partial charge in [-0.2, -0.15) is 0 Å². The van der Waals surface area contributed by atoms with Crippen LogP contribution < -0.4 is 10.1 Å². The average molecular weight is 471 g/mol. The van der Waals surface area contributed by atoms with E-state index in [9.17, 15) is 9.59 Å². The second-order valence-corrected chi connectivity index (χ2v) is 8.79. The minimum Gasteiger partial charge on any atom is -0.479 e. The molecule has 1 fully saturated rings. The lowest BCUT2D eigenvalue weighted by molar-refractivity contribution is 0.0766. The number of thiazole rings is 1. The number of hydrogen-bond acceptors (Lipinski definition) is 8. The van der Waals surface area contributed by atoms with Crippen molar-refractivity contribution in [3.8, 4) is 5.88 Å². The van der Waals surface area contributed by atoms with E-state index in [-0.39, 0.29) is 25.0 Å². The molecule has 4 rings (SSSR count). The van der Waals surface area contributed by atoms with Gasteiger partial charge in [-0.15, -0.1) is 0 Å². The van der Waals surface area contributed by atoms with Crippen LogP contribution in [0.1, 0.15) is 45.0 Å². The largest absolute Gasteiger partial charge is 0.479 e. The molecule has 0 aliphatic carbocycles. The molecule has 0 bridgehead atoms. The Balaban J connectivity index is 1.55. The van der Waals surface area contributed by atoms with Crippen molar-refractivity contribution < 1.29 is 24.2 Å². The molecule has 174 valence electrons. The van der Waals surface area contributed by atoms with E-state index in [0.717, 1.165) is 36.3 Å². The average Bonchev–Trinajstić information content (AvgIpc) is 3.27. The summed E-state index contributed by atoms with van der Waals surface area (Å²) in [6.45, 7) is 1.57. The smallest absolute Gasteiger partial charge is 0.257 e.